The highest BCUT2D eigenvalue weighted by atomic mass is 35.5. The summed E-state index contributed by atoms with van der Waals surface area (Å²) in [6.45, 7) is 2.18. The number of likely N-dealkylation sites (tertiary alicyclic amines) is 1. The molecule has 0 bridgehead atoms. The molecule has 1 fully saturated rings. The van der Waals surface area contributed by atoms with Gasteiger partial charge in [-0.15, -0.1) is 12.4 Å². The Hall–Kier alpha value is -1.59. The molecule has 2 rings (SSSR count). The smallest absolute Gasteiger partial charge is 0.224 e. The molecule has 140 valence electrons. The molecule has 1 aromatic carbocycles. The lowest BCUT2D eigenvalue weighted by Gasteiger charge is -2.26. The van der Waals surface area contributed by atoms with Gasteiger partial charge in [-0.05, 0) is 49.9 Å². The van der Waals surface area contributed by atoms with E-state index < -0.39 is 0 Å². The molecule has 0 spiro atoms. The summed E-state index contributed by atoms with van der Waals surface area (Å²) >= 11 is 0. The lowest BCUT2D eigenvalue weighted by atomic mass is 10.1. The molecule has 2 amide bonds. The Kier molecular flexibility index (Phi) is 10.2. The van der Waals surface area contributed by atoms with Crippen molar-refractivity contribution in [3.05, 3.63) is 29.8 Å². The maximum absolute atomic E-state index is 12.0. The minimum atomic E-state index is 0. The highest BCUT2D eigenvalue weighted by molar-refractivity contribution is 5.90. The first-order chi connectivity index (χ1) is 11.7. The van der Waals surface area contributed by atoms with Gasteiger partial charge in [-0.25, -0.2) is 0 Å². The first-order valence-electron chi connectivity index (χ1n) is 9.05. The van der Waals surface area contributed by atoms with Crippen LogP contribution in [0.5, 0.6) is 0 Å². The van der Waals surface area contributed by atoms with Gasteiger partial charge in [-0.2, -0.15) is 0 Å². The van der Waals surface area contributed by atoms with Gasteiger partial charge in [0, 0.05) is 31.6 Å². The van der Waals surface area contributed by atoms with E-state index in [1.807, 2.05) is 29.2 Å². The minimum absolute atomic E-state index is 0. The Morgan fingerprint density at radius 2 is 1.96 bits per heavy atom. The molecule has 0 atom stereocenters. The molecule has 1 aromatic rings. The fourth-order valence-electron chi connectivity index (χ4n) is 3.00. The van der Waals surface area contributed by atoms with E-state index in [0.717, 1.165) is 62.9 Å². The molecule has 0 aliphatic carbocycles. The summed E-state index contributed by atoms with van der Waals surface area (Å²) in [7, 11) is 0. The molecular formula is C19H30ClN3O2. The number of benzene rings is 1. The average molecular weight is 368 g/mol. The van der Waals surface area contributed by atoms with Crippen LogP contribution in [0.3, 0.4) is 0 Å². The molecule has 5 nitrogen and oxygen atoms in total. The van der Waals surface area contributed by atoms with Crippen LogP contribution < -0.4 is 11.1 Å². The van der Waals surface area contributed by atoms with Crippen LogP contribution in [0.2, 0.25) is 0 Å². The number of hydrogen-bond acceptors (Lipinski definition) is 3. The predicted octanol–water partition coefficient (Wildman–Crippen LogP) is 3.47. The van der Waals surface area contributed by atoms with Crippen LogP contribution in [0.25, 0.3) is 0 Å². The Balaban J connectivity index is 0.00000312. The van der Waals surface area contributed by atoms with Crippen LogP contribution >= 0.6 is 12.4 Å². The first kappa shape index (κ1) is 21.5. The summed E-state index contributed by atoms with van der Waals surface area (Å²) in [5.74, 6) is 0.280. The van der Waals surface area contributed by atoms with Gasteiger partial charge in [0.05, 0.1) is 0 Å². The highest BCUT2D eigenvalue weighted by Crippen LogP contribution is 2.17. The van der Waals surface area contributed by atoms with Crippen molar-refractivity contribution in [2.24, 2.45) is 5.73 Å². The van der Waals surface area contributed by atoms with Gasteiger partial charge >= 0.3 is 0 Å². The molecule has 0 radical (unpaired) electrons. The van der Waals surface area contributed by atoms with Crippen molar-refractivity contribution in [2.45, 2.75) is 57.9 Å². The van der Waals surface area contributed by atoms with Crippen LogP contribution in [0.4, 0.5) is 5.69 Å². The van der Waals surface area contributed by atoms with Crippen molar-refractivity contribution in [3.63, 3.8) is 0 Å². The second-order valence-corrected chi connectivity index (χ2v) is 6.47. The second kappa shape index (κ2) is 11.9. The Morgan fingerprint density at radius 1 is 1.16 bits per heavy atom. The zero-order valence-corrected chi connectivity index (χ0v) is 15.7. The number of piperidine rings is 1. The molecular weight excluding hydrogens is 338 g/mol. The lowest BCUT2D eigenvalue weighted by Crippen LogP contribution is -2.34. The highest BCUT2D eigenvalue weighted by Gasteiger charge is 2.18. The molecule has 1 aliphatic rings. The Morgan fingerprint density at radius 3 is 2.72 bits per heavy atom. The number of hydrogen-bond donors (Lipinski definition) is 2. The Labute approximate surface area is 156 Å². The second-order valence-electron chi connectivity index (χ2n) is 6.47. The third kappa shape index (κ3) is 7.88. The molecule has 25 heavy (non-hydrogen) atoms. The number of carbonyl (C=O) groups excluding carboxylic acids is 2. The molecule has 1 saturated heterocycles. The number of anilines is 1. The zero-order valence-electron chi connectivity index (χ0n) is 14.8. The third-order valence-electron chi connectivity index (χ3n) is 4.36. The SMILES string of the molecule is Cl.NCCCCCCC(=O)Nc1cccc(CN2CCCCC2=O)c1. The normalized spacial score (nSPS) is 14.1. The van der Waals surface area contributed by atoms with E-state index >= 15 is 0 Å². The quantitative estimate of drug-likeness (QED) is 0.656. The maximum atomic E-state index is 12.0. The van der Waals surface area contributed by atoms with Crippen molar-refractivity contribution in [2.75, 3.05) is 18.4 Å². The summed E-state index contributed by atoms with van der Waals surface area (Å²) in [4.78, 5) is 25.8. The fraction of sp³-hybridized carbons (Fsp3) is 0.579. The third-order valence-corrected chi connectivity index (χ3v) is 4.36. The van der Waals surface area contributed by atoms with Gasteiger partial charge in [-0.3, -0.25) is 9.59 Å². The van der Waals surface area contributed by atoms with E-state index in [2.05, 4.69) is 5.32 Å². The van der Waals surface area contributed by atoms with Gasteiger partial charge in [0.25, 0.3) is 0 Å². The first-order valence-corrected chi connectivity index (χ1v) is 9.05. The Bertz CT molecular complexity index is 551. The summed E-state index contributed by atoms with van der Waals surface area (Å²) in [5, 5.41) is 2.95. The van der Waals surface area contributed by atoms with Crippen molar-refractivity contribution in [1.29, 1.82) is 0 Å². The van der Waals surface area contributed by atoms with E-state index in [9.17, 15) is 9.59 Å². The summed E-state index contributed by atoms with van der Waals surface area (Å²) in [6, 6.07) is 7.80. The summed E-state index contributed by atoms with van der Waals surface area (Å²) < 4.78 is 0. The molecule has 0 aromatic heterocycles. The van der Waals surface area contributed by atoms with Gasteiger partial charge in [0.1, 0.15) is 0 Å². The molecule has 0 saturated carbocycles. The number of nitrogens with one attached hydrogen (secondary N) is 1. The predicted molar refractivity (Wildman–Crippen MR) is 104 cm³/mol. The van der Waals surface area contributed by atoms with Crippen molar-refractivity contribution < 1.29 is 9.59 Å². The number of halogens is 1. The largest absolute Gasteiger partial charge is 0.338 e. The number of rotatable bonds is 9. The van der Waals surface area contributed by atoms with Crippen molar-refractivity contribution in [3.8, 4) is 0 Å². The summed E-state index contributed by atoms with van der Waals surface area (Å²) in [5.41, 5.74) is 7.33. The molecule has 6 heteroatoms. The van der Waals surface area contributed by atoms with Crippen LogP contribution in [0, 0.1) is 0 Å². The number of nitrogens with two attached hydrogens (primary N) is 1. The fourth-order valence-corrected chi connectivity index (χ4v) is 3.00. The van der Waals surface area contributed by atoms with E-state index in [1.54, 1.807) is 0 Å². The average Bonchev–Trinajstić information content (AvgIpc) is 2.57. The van der Waals surface area contributed by atoms with E-state index in [1.165, 1.54) is 0 Å². The standard InChI is InChI=1S/C19H29N3O2.ClH/c20-12-5-2-1-3-10-18(23)21-17-9-7-8-16(14-17)15-22-13-6-4-11-19(22)24;/h7-9,14H,1-6,10-13,15,20H2,(H,21,23);1H. The topological polar surface area (TPSA) is 75.4 Å². The van der Waals surface area contributed by atoms with Gasteiger partial charge in [0.2, 0.25) is 11.8 Å². The van der Waals surface area contributed by atoms with Crippen LogP contribution in [-0.2, 0) is 16.1 Å². The van der Waals surface area contributed by atoms with E-state index in [0.29, 0.717) is 19.4 Å². The zero-order chi connectivity index (χ0) is 17.2. The van der Waals surface area contributed by atoms with Crippen LogP contribution in [0.15, 0.2) is 24.3 Å². The monoisotopic (exact) mass is 367 g/mol. The van der Waals surface area contributed by atoms with Crippen LogP contribution in [-0.4, -0.2) is 29.8 Å². The number of amides is 2. The molecule has 0 unspecified atom stereocenters. The van der Waals surface area contributed by atoms with Crippen molar-refractivity contribution >= 4 is 29.9 Å². The molecule has 3 N–H and O–H groups in total. The maximum Gasteiger partial charge on any atom is 0.224 e. The van der Waals surface area contributed by atoms with Gasteiger partial charge in [-0.1, -0.05) is 25.0 Å². The molecule has 1 heterocycles. The van der Waals surface area contributed by atoms with Gasteiger partial charge in [0.15, 0.2) is 0 Å². The lowest BCUT2D eigenvalue weighted by molar-refractivity contribution is -0.133. The number of carbonyl (C=O) groups is 2. The van der Waals surface area contributed by atoms with E-state index in [4.69, 9.17) is 5.73 Å². The van der Waals surface area contributed by atoms with Crippen molar-refractivity contribution in [1.82, 2.24) is 4.90 Å². The number of unbranched alkanes of at least 4 members (excludes halogenated alkanes) is 3. The molecule has 1 aliphatic heterocycles. The van der Waals surface area contributed by atoms with E-state index in [-0.39, 0.29) is 24.2 Å². The van der Waals surface area contributed by atoms with Gasteiger partial charge < -0.3 is 16.0 Å². The number of nitrogens with zero attached hydrogens (tertiary/aromatic N) is 1. The minimum Gasteiger partial charge on any atom is -0.338 e. The van der Waals surface area contributed by atoms with Crippen LogP contribution in [0.1, 0.15) is 56.9 Å². The summed E-state index contributed by atoms with van der Waals surface area (Å²) in [6.07, 6.45) is 7.32.